The number of hydroxylamine groups is 1. The van der Waals surface area contributed by atoms with Crippen LogP contribution in [0.25, 0.3) is 0 Å². The lowest BCUT2D eigenvalue weighted by molar-refractivity contribution is -0.140. The van der Waals surface area contributed by atoms with Gasteiger partial charge in [0, 0.05) is 26.7 Å². The highest BCUT2D eigenvalue weighted by atomic mass is 16.7. The quantitative estimate of drug-likeness (QED) is 0.705. The zero-order chi connectivity index (χ0) is 15.6. The molecule has 21 heavy (non-hydrogen) atoms. The number of aliphatic hydroxyl groups excluding tert-OH is 1. The molecule has 1 aliphatic rings. The number of rotatable bonds is 5. The van der Waals surface area contributed by atoms with Crippen molar-refractivity contribution in [1.82, 2.24) is 20.2 Å². The van der Waals surface area contributed by atoms with Gasteiger partial charge in [-0.1, -0.05) is 0 Å². The average molecular weight is 296 g/mol. The molecule has 0 radical (unpaired) electrons. The van der Waals surface area contributed by atoms with Crippen LogP contribution in [0.2, 0.25) is 0 Å². The number of nitrogens with one attached hydrogen (secondary N) is 1. The van der Waals surface area contributed by atoms with E-state index in [4.69, 9.17) is 9.94 Å². The highest BCUT2D eigenvalue weighted by Crippen LogP contribution is 2.36. The first-order valence-electron chi connectivity index (χ1n) is 6.75. The Kier molecular flexibility index (Phi) is 4.59. The summed E-state index contributed by atoms with van der Waals surface area (Å²) in [6.07, 6.45) is 1.08. The summed E-state index contributed by atoms with van der Waals surface area (Å²) in [6, 6.07) is 1.41. The molecule has 0 aromatic carbocycles. The molecule has 0 bridgehead atoms. The first kappa shape index (κ1) is 15.5. The van der Waals surface area contributed by atoms with E-state index in [1.165, 1.54) is 0 Å². The normalized spacial score (nSPS) is 23.4. The molecule has 1 aliphatic heterocycles. The second kappa shape index (κ2) is 6.23. The first-order valence-corrected chi connectivity index (χ1v) is 6.75. The SMILES string of the molecule is CC(O)CONC(=O)C1CC(=O)N(C)C1c1ccnn1C. The van der Waals surface area contributed by atoms with Crippen LogP contribution in [0.1, 0.15) is 25.1 Å². The van der Waals surface area contributed by atoms with Crippen LogP contribution in [0, 0.1) is 5.92 Å². The molecule has 2 N–H and O–H groups in total. The van der Waals surface area contributed by atoms with Crippen molar-refractivity contribution in [3.05, 3.63) is 18.0 Å². The molecule has 1 aromatic heterocycles. The lowest BCUT2D eigenvalue weighted by Gasteiger charge is -2.24. The summed E-state index contributed by atoms with van der Waals surface area (Å²) < 4.78 is 1.65. The zero-order valence-corrected chi connectivity index (χ0v) is 12.3. The number of amides is 2. The van der Waals surface area contributed by atoms with Crippen molar-refractivity contribution < 1.29 is 19.5 Å². The topological polar surface area (TPSA) is 96.7 Å². The molecule has 2 amide bonds. The number of carbonyl (C=O) groups is 2. The number of hydrogen-bond donors (Lipinski definition) is 2. The third-order valence-electron chi connectivity index (χ3n) is 3.58. The fourth-order valence-corrected chi connectivity index (χ4v) is 2.49. The Balaban J connectivity index is 2.11. The van der Waals surface area contributed by atoms with Gasteiger partial charge in [-0.3, -0.25) is 19.1 Å². The van der Waals surface area contributed by atoms with Crippen LogP contribution in [0.3, 0.4) is 0 Å². The van der Waals surface area contributed by atoms with E-state index in [0.29, 0.717) is 0 Å². The van der Waals surface area contributed by atoms with Gasteiger partial charge in [0.1, 0.15) is 6.61 Å². The lowest BCUT2D eigenvalue weighted by Crippen LogP contribution is -2.36. The van der Waals surface area contributed by atoms with Crippen molar-refractivity contribution >= 4 is 11.8 Å². The first-order chi connectivity index (χ1) is 9.91. The lowest BCUT2D eigenvalue weighted by atomic mass is 9.97. The predicted molar refractivity (Wildman–Crippen MR) is 72.6 cm³/mol. The van der Waals surface area contributed by atoms with Crippen LogP contribution in [-0.4, -0.2) is 51.4 Å². The van der Waals surface area contributed by atoms with Crippen LogP contribution in [-0.2, 0) is 21.5 Å². The summed E-state index contributed by atoms with van der Waals surface area (Å²) in [6.45, 7) is 1.55. The molecule has 8 heteroatoms. The van der Waals surface area contributed by atoms with E-state index >= 15 is 0 Å². The molecule has 0 spiro atoms. The van der Waals surface area contributed by atoms with E-state index in [1.54, 1.807) is 42.9 Å². The van der Waals surface area contributed by atoms with Crippen molar-refractivity contribution in [1.29, 1.82) is 0 Å². The van der Waals surface area contributed by atoms with E-state index in [1.807, 2.05) is 0 Å². The van der Waals surface area contributed by atoms with Gasteiger partial charge < -0.3 is 10.0 Å². The van der Waals surface area contributed by atoms with Crippen LogP contribution in [0.4, 0.5) is 0 Å². The minimum atomic E-state index is -0.675. The fourth-order valence-electron chi connectivity index (χ4n) is 2.49. The molecular weight excluding hydrogens is 276 g/mol. The maximum absolute atomic E-state index is 12.2. The Morgan fingerprint density at radius 3 is 2.90 bits per heavy atom. The molecule has 1 aromatic rings. The highest BCUT2D eigenvalue weighted by Gasteiger charge is 2.44. The molecule has 116 valence electrons. The van der Waals surface area contributed by atoms with Gasteiger partial charge in [-0.25, -0.2) is 5.48 Å². The second-order valence-corrected chi connectivity index (χ2v) is 5.27. The van der Waals surface area contributed by atoms with Gasteiger partial charge in [0.2, 0.25) is 11.8 Å². The van der Waals surface area contributed by atoms with E-state index in [0.717, 1.165) is 5.69 Å². The maximum Gasteiger partial charge on any atom is 0.249 e. The van der Waals surface area contributed by atoms with Gasteiger partial charge in [0.15, 0.2) is 0 Å². The minimum Gasteiger partial charge on any atom is -0.391 e. The average Bonchev–Trinajstić information content (AvgIpc) is 2.94. The van der Waals surface area contributed by atoms with Gasteiger partial charge in [0.05, 0.1) is 23.8 Å². The van der Waals surface area contributed by atoms with Crippen LogP contribution < -0.4 is 5.48 Å². The van der Waals surface area contributed by atoms with Gasteiger partial charge >= 0.3 is 0 Å². The maximum atomic E-state index is 12.2. The Morgan fingerprint density at radius 2 is 2.33 bits per heavy atom. The van der Waals surface area contributed by atoms with Crippen molar-refractivity contribution in [3.63, 3.8) is 0 Å². The number of likely N-dealkylation sites (tertiary alicyclic amines) is 1. The number of aryl methyl sites for hydroxylation is 1. The van der Waals surface area contributed by atoms with Crippen LogP contribution >= 0.6 is 0 Å². The summed E-state index contributed by atoms with van der Waals surface area (Å²) in [5.41, 5.74) is 3.09. The summed E-state index contributed by atoms with van der Waals surface area (Å²) >= 11 is 0. The number of aromatic nitrogens is 2. The molecule has 0 aliphatic carbocycles. The summed E-state index contributed by atoms with van der Waals surface area (Å²) in [4.78, 5) is 30.6. The largest absolute Gasteiger partial charge is 0.391 e. The molecule has 8 nitrogen and oxygen atoms in total. The third-order valence-corrected chi connectivity index (χ3v) is 3.58. The summed E-state index contributed by atoms with van der Waals surface area (Å²) in [5, 5.41) is 13.2. The van der Waals surface area contributed by atoms with Crippen molar-refractivity contribution in [2.75, 3.05) is 13.7 Å². The third kappa shape index (κ3) is 3.22. The van der Waals surface area contributed by atoms with Crippen LogP contribution in [0.15, 0.2) is 12.3 Å². The second-order valence-electron chi connectivity index (χ2n) is 5.27. The molecular formula is C13H20N4O4. The van der Waals surface area contributed by atoms with Gasteiger partial charge in [0.25, 0.3) is 0 Å². The van der Waals surface area contributed by atoms with Crippen LogP contribution in [0.5, 0.6) is 0 Å². The fraction of sp³-hybridized carbons (Fsp3) is 0.615. The molecule has 1 fully saturated rings. The number of aliphatic hydroxyl groups is 1. The molecule has 3 unspecified atom stereocenters. The summed E-state index contributed by atoms with van der Waals surface area (Å²) in [5.74, 6) is -1.02. The monoisotopic (exact) mass is 296 g/mol. The van der Waals surface area contributed by atoms with Gasteiger partial charge in [-0.05, 0) is 13.0 Å². The molecule has 3 atom stereocenters. The number of hydrogen-bond acceptors (Lipinski definition) is 5. The number of nitrogens with zero attached hydrogens (tertiary/aromatic N) is 3. The zero-order valence-electron chi connectivity index (χ0n) is 12.3. The van der Waals surface area contributed by atoms with E-state index in [2.05, 4.69) is 10.6 Å². The Labute approximate surface area is 122 Å². The predicted octanol–water partition coefficient (Wildman–Crippen LogP) is -0.632. The Morgan fingerprint density at radius 1 is 1.62 bits per heavy atom. The molecule has 2 rings (SSSR count). The molecule has 1 saturated heterocycles. The van der Waals surface area contributed by atoms with E-state index < -0.39 is 12.0 Å². The summed E-state index contributed by atoms with van der Waals surface area (Å²) in [7, 11) is 3.44. The van der Waals surface area contributed by atoms with Crippen molar-refractivity contribution in [2.45, 2.75) is 25.5 Å². The minimum absolute atomic E-state index is 0.00137. The number of carbonyl (C=O) groups excluding carboxylic acids is 2. The molecule has 0 saturated carbocycles. The standard InChI is InChI=1S/C13H20N4O4/c1-8(18)7-21-15-13(20)9-6-11(19)16(2)12(9)10-4-5-14-17(10)3/h4-5,8-9,12,18H,6-7H2,1-3H3,(H,15,20). The highest BCUT2D eigenvalue weighted by molar-refractivity contribution is 5.89. The van der Waals surface area contributed by atoms with Gasteiger partial charge in [-0.2, -0.15) is 5.10 Å². The molecule has 2 heterocycles. The Bertz CT molecular complexity index is 528. The van der Waals surface area contributed by atoms with Crippen molar-refractivity contribution in [2.24, 2.45) is 13.0 Å². The van der Waals surface area contributed by atoms with Gasteiger partial charge in [-0.15, -0.1) is 0 Å². The smallest absolute Gasteiger partial charge is 0.249 e. The van der Waals surface area contributed by atoms with E-state index in [9.17, 15) is 9.59 Å². The Hall–Kier alpha value is -1.93. The van der Waals surface area contributed by atoms with Crippen molar-refractivity contribution in [3.8, 4) is 0 Å². The van der Waals surface area contributed by atoms with E-state index in [-0.39, 0.29) is 30.9 Å².